The topological polar surface area (TPSA) is 155 Å². The van der Waals surface area contributed by atoms with Crippen LogP contribution in [0.15, 0.2) is 0 Å². The van der Waals surface area contributed by atoms with Crippen LogP contribution in [0.1, 0.15) is 59.3 Å². The molecule has 3 N–H and O–H groups in total. The second-order valence-corrected chi connectivity index (χ2v) is 10.9. The molecular formula is C28H52B6Cl3N3O9. The van der Waals surface area contributed by atoms with E-state index in [0.29, 0.717) is 64.4 Å². The summed E-state index contributed by atoms with van der Waals surface area (Å²) in [5.41, 5.74) is -0.738. The fraction of sp³-hybridized carbons (Fsp3) is 0.857. The Bertz CT molecular complexity index is 743. The Morgan fingerprint density at radius 3 is 1.35 bits per heavy atom. The number of amides is 2. The summed E-state index contributed by atoms with van der Waals surface area (Å²) in [6.07, 6.45) is 6.09. The fourth-order valence-corrected chi connectivity index (χ4v) is 4.23. The fourth-order valence-electron chi connectivity index (χ4n) is 4.12. The first kappa shape index (κ1) is 57.2. The van der Waals surface area contributed by atoms with Gasteiger partial charge in [0.05, 0.1) is 25.2 Å². The first-order valence-corrected chi connectivity index (χ1v) is 17.3. The number of aliphatic hydroxyl groups is 2. The number of hydrogen-bond donors (Lipinski definition) is 3. The Morgan fingerprint density at radius 1 is 0.776 bits per heavy atom. The Hall–Kier alpha value is -1.18. The molecule has 3 aliphatic rings. The van der Waals surface area contributed by atoms with E-state index < -0.39 is 5.43 Å². The van der Waals surface area contributed by atoms with Crippen LogP contribution in [0.25, 0.3) is 0 Å². The maximum atomic E-state index is 11.2. The Morgan fingerprint density at radius 2 is 1.10 bits per heavy atom. The van der Waals surface area contributed by atoms with Crippen LogP contribution in [-0.2, 0) is 19.0 Å². The SMILES string of the molecule is CCOC(=O)Cl.CCOC(=O)N1CCC(C=O)CC1.CCOC(=O)N1CCC(CO)CC1.ClCCl.OCC1CCNCC1.[B].[B][B].[B][B][B]. The Balaban J connectivity index is -0.000000167. The molecule has 0 aromatic rings. The standard InChI is InChI=1S/C9H17NO3.C9H15NO3.C6H13NO.C3H5ClO2.CH2Cl2.B3.B2.B/c2*1-2-13-9(12)10-5-3-8(7-11)4-6-10;8-5-6-1-3-7-4-2-6;1-2-6-3(4)5;2-1-3;1-3-2;1-2;/h8,11H,2-7H2,1H3;7-8H,2-6H2,1H3;6-8H,1-5H2;2H2,1H3;1H2;;;. The zero-order valence-electron chi connectivity index (χ0n) is 29.3. The van der Waals surface area contributed by atoms with Gasteiger partial charge in [-0.05, 0) is 84.2 Å². The van der Waals surface area contributed by atoms with Gasteiger partial charge < -0.3 is 44.3 Å². The van der Waals surface area contributed by atoms with Gasteiger partial charge >= 0.3 is 17.6 Å². The summed E-state index contributed by atoms with van der Waals surface area (Å²) in [4.78, 5) is 45.8. The van der Waals surface area contributed by atoms with Gasteiger partial charge in [0.2, 0.25) is 0 Å². The highest BCUT2D eigenvalue weighted by Crippen LogP contribution is 2.17. The number of aliphatic hydroxyl groups excluding tert-OH is 2. The number of halogens is 3. The van der Waals surface area contributed by atoms with Crippen molar-refractivity contribution in [1.29, 1.82) is 0 Å². The van der Waals surface area contributed by atoms with E-state index in [0.717, 1.165) is 65.0 Å². The van der Waals surface area contributed by atoms with E-state index in [9.17, 15) is 19.2 Å². The van der Waals surface area contributed by atoms with Crippen LogP contribution in [-0.4, -0.2) is 168 Å². The number of alkyl halides is 2. The zero-order valence-corrected chi connectivity index (χ0v) is 31.5. The maximum Gasteiger partial charge on any atom is 0.409 e. The summed E-state index contributed by atoms with van der Waals surface area (Å²) in [6, 6.07) is 0. The predicted octanol–water partition coefficient (Wildman–Crippen LogP) is 2.40. The average Bonchev–Trinajstić information content (AvgIpc) is 3.11. The minimum absolute atomic E-state index is 0. The van der Waals surface area contributed by atoms with Crippen molar-refractivity contribution in [1.82, 2.24) is 15.1 Å². The molecule has 0 bridgehead atoms. The molecule has 0 saturated carbocycles. The number of likely N-dealkylation sites (tertiary alicyclic amines) is 2. The van der Waals surface area contributed by atoms with E-state index in [1.165, 1.54) is 0 Å². The molecular weight excluding hydrogens is 694 g/mol. The summed E-state index contributed by atoms with van der Waals surface area (Å²) in [7, 11) is 18.0. The van der Waals surface area contributed by atoms with Gasteiger partial charge in [0.1, 0.15) is 6.29 Å². The lowest BCUT2D eigenvalue weighted by Crippen LogP contribution is -2.39. The van der Waals surface area contributed by atoms with Gasteiger partial charge in [-0.3, -0.25) is 0 Å². The molecule has 0 spiro atoms. The van der Waals surface area contributed by atoms with Gasteiger partial charge in [0.25, 0.3) is 0 Å². The Kier molecular flexibility index (Phi) is 52.3. The smallest absolute Gasteiger partial charge is 0.409 e. The molecule has 0 aromatic heterocycles. The molecule has 12 nitrogen and oxygen atoms in total. The van der Waals surface area contributed by atoms with Crippen LogP contribution in [0.4, 0.5) is 14.4 Å². The van der Waals surface area contributed by atoms with Crippen LogP contribution in [0.5, 0.6) is 0 Å². The van der Waals surface area contributed by atoms with E-state index in [1.807, 2.05) is 0 Å². The largest absolute Gasteiger partial charge is 0.454 e. The first-order chi connectivity index (χ1) is 23.1. The van der Waals surface area contributed by atoms with E-state index in [2.05, 4.69) is 41.0 Å². The predicted molar refractivity (Wildman–Crippen MR) is 202 cm³/mol. The van der Waals surface area contributed by atoms with Crippen molar-refractivity contribution in [2.45, 2.75) is 59.3 Å². The minimum Gasteiger partial charge on any atom is -0.454 e. The number of aldehydes is 1. The van der Waals surface area contributed by atoms with Gasteiger partial charge in [-0.2, -0.15) is 0 Å². The van der Waals surface area contributed by atoms with E-state index in [4.69, 9.17) is 54.5 Å². The zero-order chi connectivity index (χ0) is 37.6. The Labute approximate surface area is 317 Å². The third-order valence-electron chi connectivity index (χ3n) is 6.63. The number of carbonyl (C=O) groups excluding carboxylic acids is 4. The monoisotopic (exact) mass is 745 g/mol. The number of piperidine rings is 3. The van der Waals surface area contributed by atoms with Gasteiger partial charge in [-0.15, -0.1) is 23.2 Å². The third kappa shape index (κ3) is 37.9. The van der Waals surface area contributed by atoms with Crippen LogP contribution < -0.4 is 5.32 Å². The van der Waals surface area contributed by atoms with Crippen LogP contribution in [0.3, 0.4) is 0 Å². The molecule has 0 unspecified atom stereocenters. The quantitative estimate of drug-likeness (QED) is 0.121. The number of nitrogens with zero attached hydrogens (tertiary/aromatic N) is 2. The van der Waals surface area contributed by atoms with Crippen LogP contribution in [0, 0.1) is 17.8 Å². The van der Waals surface area contributed by atoms with Gasteiger partial charge in [-0.1, -0.05) is 0 Å². The number of rotatable bonds is 6. The van der Waals surface area contributed by atoms with Gasteiger partial charge in [0.15, 0.2) is 0 Å². The van der Waals surface area contributed by atoms with Crippen molar-refractivity contribution in [2.24, 2.45) is 17.8 Å². The lowest BCUT2D eigenvalue weighted by Gasteiger charge is -2.30. The average molecular weight is 746 g/mol. The molecule has 0 atom stereocenters. The molecule has 3 aliphatic heterocycles. The number of ether oxygens (including phenoxy) is 3. The lowest BCUT2D eigenvalue weighted by molar-refractivity contribution is -0.112. The van der Waals surface area contributed by atoms with Crippen LogP contribution >= 0.6 is 34.8 Å². The van der Waals surface area contributed by atoms with E-state index in [-0.39, 0.29) is 38.5 Å². The van der Waals surface area contributed by atoms with Crippen molar-refractivity contribution < 1.29 is 43.6 Å². The lowest BCUT2D eigenvalue weighted by atomic mass is 9.40. The number of hydrogen-bond acceptors (Lipinski definition) is 10. The molecule has 0 aliphatic carbocycles. The van der Waals surface area contributed by atoms with E-state index in [1.54, 1.807) is 30.6 Å². The highest BCUT2D eigenvalue weighted by atomic mass is 35.5. The molecule has 3 rings (SSSR count). The van der Waals surface area contributed by atoms with E-state index >= 15 is 0 Å². The summed E-state index contributed by atoms with van der Waals surface area (Å²) >= 11 is 14.2. The summed E-state index contributed by atoms with van der Waals surface area (Å²) in [6.45, 7) is 12.0. The number of carbonyl (C=O) groups is 4. The highest BCUT2D eigenvalue weighted by molar-refractivity contribution is 7.17. The second kappa shape index (κ2) is 44.8. The highest BCUT2D eigenvalue weighted by Gasteiger charge is 2.23. The summed E-state index contributed by atoms with van der Waals surface area (Å²) < 4.78 is 13.9. The molecule has 272 valence electrons. The molecule has 49 heavy (non-hydrogen) atoms. The molecule has 2 amide bonds. The molecule has 21 heteroatoms. The first-order valence-electron chi connectivity index (χ1n) is 15.8. The molecule has 0 aromatic carbocycles. The van der Waals surface area contributed by atoms with Crippen molar-refractivity contribution in [3.8, 4) is 0 Å². The minimum atomic E-state index is -0.738. The second-order valence-electron chi connectivity index (χ2n) is 9.81. The molecule has 3 heterocycles. The van der Waals surface area contributed by atoms with Crippen LogP contribution in [0.2, 0.25) is 0 Å². The summed E-state index contributed by atoms with van der Waals surface area (Å²) in [5, 5.41) is 21.0. The molecule has 3 saturated heterocycles. The molecule has 12 radical (unpaired) electrons. The van der Waals surface area contributed by atoms with Crippen molar-refractivity contribution in [3.63, 3.8) is 0 Å². The maximum absolute atomic E-state index is 11.2. The van der Waals surface area contributed by atoms with Gasteiger partial charge in [-0.25, -0.2) is 14.4 Å². The summed E-state index contributed by atoms with van der Waals surface area (Å²) in [5.74, 6) is 1.08. The third-order valence-corrected chi connectivity index (χ3v) is 6.74. The van der Waals surface area contributed by atoms with Crippen molar-refractivity contribution in [3.05, 3.63) is 0 Å². The normalized spacial score (nSPS) is 15.3. The molecule has 3 fully saturated rings. The number of nitrogens with one attached hydrogen (secondary N) is 1. The van der Waals surface area contributed by atoms with Crippen molar-refractivity contribution >= 4 is 105 Å². The van der Waals surface area contributed by atoms with Crippen molar-refractivity contribution in [2.75, 3.05) is 77.6 Å². The van der Waals surface area contributed by atoms with Gasteiger partial charge in [0, 0.05) is 103 Å².